The number of alkyl halides is 2. The lowest BCUT2D eigenvalue weighted by Gasteiger charge is -2.33. The number of rotatable bonds is 6. The first-order valence-corrected chi connectivity index (χ1v) is 11.9. The van der Waals surface area contributed by atoms with Gasteiger partial charge in [-0.2, -0.15) is 0 Å². The minimum Gasteiger partial charge on any atom is -0.463 e. The molecule has 1 fully saturated rings. The summed E-state index contributed by atoms with van der Waals surface area (Å²) in [5, 5.41) is 10.1. The normalized spacial score (nSPS) is 27.0. The second kappa shape index (κ2) is 8.35. The number of benzene rings is 1. The zero-order valence-electron chi connectivity index (χ0n) is 19.4. The Kier molecular flexibility index (Phi) is 5.65. The van der Waals surface area contributed by atoms with E-state index in [4.69, 9.17) is 16.9 Å². The first-order chi connectivity index (χ1) is 17.0. The Morgan fingerprint density at radius 1 is 1.31 bits per heavy atom. The molecule has 0 saturated heterocycles. The minimum absolute atomic E-state index is 0.0215. The topological polar surface area (TPSA) is 107 Å². The molecule has 1 aliphatic carbocycles. The van der Waals surface area contributed by atoms with Gasteiger partial charge in [0.15, 0.2) is 11.8 Å². The molecular formula is C25H22F3N5O2S. The fourth-order valence-electron chi connectivity index (χ4n) is 5.17. The third-order valence-electron chi connectivity index (χ3n) is 6.79. The molecule has 2 aromatic heterocycles. The van der Waals surface area contributed by atoms with E-state index < -0.39 is 34.0 Å². The van der Waals surface area contributed by atoms with Crippen LogP contribution in [0.15, 0.2) is 41.7 Å². The number of hydrogen-bond acceptors (Lipinski definition) is 8. The third kappa shape index (κ3) is 3.50. The van der Waals surface area contributed by atoms with Gasteiger partial charge in [0.2, 0.25) is 5.88 Å². The fraction of sp³-hybridized carbons (Fsp3) is 0.360. The third-order valence-corrected chi connectivity index (χ3v) is 8.28. The van der Waals surface area contributed by atoms with Gasteiger partial charge in [-0.3, -0.25) is 9.98 Å². The van der Waals surface area contributed by atoms with E-state index in [0.717, 1.165) is 0 Å². The van der Waals surface area contributed by atoms with Crippen molar-refractivity contribution in [2.75, 3.05) is 6.61 Å². The zero-order chi connectivity index (χ0) is 25.9. The van der Waals surface area contributed by atoms with Crippen molar-refractivity contribution in [1.29, 1.82) is 0 Å². The highest BCUT2D eigenvalue weighted by Crippen LogP contribution is 2.75. The molecule has 1 aliphatic heterocycles. The smallest absolute Gasteiger partial charge is 0.273 e. The maximum absolute atomic E-state index is 15.1. The van der Waals surface area contributed by atoms with Gasteiger partial charge in [0, 0.05) is 18.2 Å². The van der Waals surface area contributed by atoms with Gasteiger partial charge >= 0.3 is 0 Å². The summed E-state index contributed by atoms with van der Waals surface area (Å²) in [6.07, 6.45) is 7.06. The number of amidine groups is 1. The second-order valence-corrected chi connectivity index (χ2v) is 10.3. The number of nitrogens with zero attached hydrogens (tertiary/aromatic N) is 4. The number of thioether (sulfide) groups is 1. The highest BCUT2D eigenvalue weighted by atomic mass is 32.2. The highest BCUT2D eigenvalue weighted by Gasteiger charge is 2.89. The molecule has 7 nitrogen and oxygen atoms in total. The summed E-state index contributed by atoms with van der Waals surface area (Å²) in [5.74, 6) is -2.78. The summed E-state index contributed by atoms with van der Waals surface area (Å²) in [6, 6.07) is 5.95. The first-order valence-electron chi connectivity index (χ1n) is 11.1. The summed E-state index contributed by atoms with van der Waals surface area (Å²) < 4.78 is 48.9. The molecule has 5 rings (SSSR count). The van der Waals surface area contributed by atoms with Gasteiger partial charge in [-0.05, 0) is 31.5 Å². The molecule has 3 aromatic rings. The lowest BCUT2D eigenvalue weighted by atomic mass is 9.83. The van der Waals surface area contributed by atoms with Gasteiger partial charge < -0.3 is 15.6 Å². The molecule has 0 amide bonds. The van der Waals surface area contributed by atoms with Crippen LogP contribution in [0.1, 0.15) is 30.7 Å². The Morgan fingerprint density at radius 2 is 2.08 bits per heavy atom. The number of halogens is 3. The minimum atomic E-state index is -3.29. The molecule has 1 aromatic carbocycles. The van der Waals surface area contributed by atoms with Gasteiger partial charge in [-0.1, -0.05) is 29.8 Å². The average Bonchev–Trinajstić information content (AvgIpc) is 3.35. The van der Waals surface area contributed by atoms with Crippen molar-refractivity contribution in [3.63, 3.8) is 0 Å². The van der Waals surface area contributed by atoms with Gasteiger partial charge in [-0.25, -0.2) is 23.1 Å². The lowest BCUT2D eigenvalue weighted by molar-refractivity contribution is 0.0559. The highest BCUT2D eigenvalue weighted by molar-refractivity contribution is 8.15. The number of aromatic nitrogens is 3. The molecule has 3 heterocycles. The number of hydrogen-bond donors (Lipinski definition) is 2. The van der Waals surface area contributed by atoms with Gasteiger partial charge in [0.05, 0.1) is 35.0 Å². The first kappa shape index (κ1) is 24.3. The Morgan fingerprint density at radius 3 is 2.81 bits per heavy atom. The SMILES string of the molecule is C#CCOc1cnc2c(Cc3ccc(F)c([C@@]4(C)N=C(N)S[C@]5([C@H](C)O)[C@H]4C5(F)F)c3)nccc2n1. The fourth-order valence-corrected chi connectivity index (χ4v) is 6.61. The molecule has 2 aliphatic rings. The number of pyridine rings is 1. The van der Waals surface area contributed by atoms with Crippen LogP contribution in [0.5, 0.6) is 5.88 Å². The molecule has 3 N–H and O–H groups in total. The van der Waals surface area contributed by atoms with Crippen molar-refractivity contribution < 1.29 is 23.0 Å². The van der Waals surface area contributed by atoms with Gasteiger partial charge in [-0.15, -0.1) is 6.42 Å². The van der Waals surface area contributed by atoms with E-state index >= 15 is 13.2 Å². The molecule has 186 valence electrons. The molecule has 1 saturated carbocycles. The summed E-state index contributed by atoms with van der Waals surface area (Å²) in [4.78, 5) is 17.4. The Labute approximate surface area is 209 Å². The Hall–Kier alpha value is -3.36. The maximum atomic E-state index is 15.1. The van der Waals surface area contributed by atoms with E-state index in [-0.39, 0.29) is 29.6 Å². The van der Waals surface area contributed by atoms with Crippen molar-refractivity contribution in [3.8, 4) is 18.2 Å². The molecular weight excluding hydrogens is 491 g/mol. The number of aliphatic hydroxyl groups is 1. The predicted molar refractivity (Wildman–Crippen MR) is 130 cm³/mol. The Bertz CT molecular complexity index is 1440. The molecule has 11 heteroatoms. The summed E-state index contributed by atoms with van der Waals surface area (Å²) in [5.41, 5.74) is 6.45. The quantitative estimate of drug-likeness (QED) is 0.487. The average molecular weight is 514 g/mol. The number of aliphatic hydroxyl groups excluding tert-OH is 1. The van der Waals surface area contributed by atoms with E-state index in [0.29, 0.717) is 34.1 Å². The summed E-state index contributed by atoms with van der Waals surface area (Å²) >= 11 is 0.654. The molecule has 36 heavy (non-hydrogen) atoms. The van der Waals surface area contributed by atoms with Crippen molar-refractivity contribution in [2.45, 2.75) is 42.6 Å². The van der Waals surface area contributed by atoms with Crippen LogP contribution in [0, 0.1) is 24.1 Å². The van der Waals surface area contributed by atoms with E-state index in [1.165, 1.54) is 32.2 Å². The van der Waals surface area contributed by atoms with Crippen LogP contribution in [-0.4, -0.2) is 48.6 Å². The number of ether oxygens (including phenoxy) is 1. The van der Waals surface area contributed by atoms with Crippen LogP contribution in [-0.2, 0) is 12.0 Å². The van der Waals surface area contributed by atoms with Crippen LogP contribution in [0.4, 0.5) is 13.2 Å². The van der Waals surface area contributed by atoms with Crippen molar-refractivity contribution >= 4 is 28.0 Å². The van der Waals surface area contributed by atoms with Crippen molar-refractivity contribution in [1.82, 2.24) is 15.0 Å². The number of terminal acetylenes is 1. The van der Waals surface area contributed by atoms with Gasteiger partial charge in [0.25, 0.3) is 5.92 Å². The molecule has 4 atom stereocenters. The molecule has 0 unspecified atom stereocenters. The van der Waals surface area contributed by atoms with Crippen LogP contribution in [0.25, 0.3) is 11.0 Å². The number of aliphatic imine (C=N–C) groups is 1. The zero-order valence-corrected chi connectivity index (χ0v) is 20.2. The standard InChI is InChI=1S/C25H22F3N5O2S/c1-4-9-35-19-12-31-20-17(32-19)7-8-30-18(20)11-14-5-6-16(26)15(10-14)23(3)21-24(13(2)34,25(21,27)28)36-22(29)33-23/h1,5-8,10,12-13,21,34H,9,11H2,2-3H3,(H2,29,33)/t13-,21-,23+,24+/m0/s1. The van der Waals surface area contributed by atoms with Crippen LogP contribution >= 0.6 is 11.8 Å². The van der Waals surface area contributed by atoms with E-state index in [1.807, 2.05) is 0 Å². The summed E-state index contributed by atoms with van der Waals surface area (Å²) in [6.45, 7) is 2.78. The molecule has 0 spiro atoms. The predicted octanol–water partition coefficient (Wildman–Crippen LogP) is 3.43. The molecule has 0 bridgehead atoms. The van der Waals surface area contributed by atoms with Crippen LogP contribution in [0.3, 0.4) is 0 Å². The summed E-state index contributed by atoms with van der Waals surface area (Å²) in [7, 11) is 0. The largest absolute Gasteiger partial charge is 0.463 e. The monoisotopic (exact) mass is 513 g/mol. The lowest BCUT2D eigenvalue weighted by Crippen LogP contribution is -2.40. The van der Waals surface area contributed by atoms with E-state index in [9.17, 15) is 5.11 Å². The Balaban J connectivity index is 1.53. The van der Waals surface area contributed by atoms with Crippen molar-refractivity contribution in [2.24, 2.45) is 16.6 Å². The van der Waals surface area contributed by atoms with E-state index in [2.05, 4.69) is 25.9 Å². The van der Waals surface area contributed by atoms with Crippen molar-refractivity contribution in [3.05, 3.63) is 59.3 Å². The number of nitrogens with two attached hydrogens (primary N) is 1. The van der Waals surface area contributed by atoms with Gasteiger partial charge in [0.1, 0.15) is 16.1 Å². The molecule has 0 radical (unpaired) electrons. The second-order valence-electron chi connectivity index (χ2n) is 9.04. The van der Waals surface area contributed by atoms with Crippen LogP contribution in [0.2, 0.25) is 0 Å². The van der Waals surface area contributed by atoms with E-state index in [1.54, 1.807) is 18.3 Å². The number of fused-ring (bicyclic) bond motifs is 2. The van der Waals surface area contributed by atoms with Crippen LogP contribution < -0.4 is 10.5 Å². The maximum Gasteiger partial charge on any atom is 0.273 e.